The lowest BCUT2D eigenvalue weighted by atomic mass is 10.0. The lowest BCUT2D eigenvalue weighted by Gasteiger charge is -2.35. The van der Waals surface area contributed by atoms with Crippen molar-refractivity contribution in [1.29, 1.82) is 0 Å². The first-order valence-corrected chi connectivity index (χ1v) is 7.43. The van der Waals surface area contributed by atoms with Gasteiger partial charge in [-0.2, -0.15) is 0 Å². The fourth-order valence-corrected chi connectivity index (χ4v) is 3.11. The van der Waals surface area contributed by atoms with Crippen molar-refractivity contribution < 1.29 is 4.79 Å². The van der Waals surface area contributed by atoms with E-state index in [2.05, 4.69) is 31.1 Å². The average Bonchev–Trinajstić information content (AvgIpc) is 2.93. The molecule has 1 aliphatic heterocycles. The van der Waals surface area contributed by atoms with Crippen LogP contribution in [0.1, 0.15) is 17.2 Å². The zero-order chi connectivity index (χ0) is 13.9. The maximum atomic E-state index is 12.3. The van der Waals surface area contributed by atoms with Crippen molar-refractivity contribution in [2.24, 2.45) is 0 Å². The third-order valence-corrected chi connectivity index (χ3v) is 4.28. The normalized spacial score (nSPS) is 19.9. The number of amides is 1. The Morgan fingerprint density at radius 3 is 2.90 bits per heavy atom. The molecule has 1 saturated heterocycles. The summed E-state index contributed by atoms with van der Waals surface area (Å²) in [5.74, 6) is 0.0682. The molecule has 1 aromatic heterocycles. The maximum Gasteiger partial charge on any atom is 0.242 e. The molecule has 2 heterocycles. The molecular weight excluding hydrogens is 318 g/mol. The molecule has 1 aliphatic rings. The number of aromatic nitrogens is 1. The van der Waals surface area contributed by atoms with Crippen molar-refractivity contribution >= 4 is 21.8 Å². The Hall–Kier alpha value is -1.59. The van der Waals surface area contributed by atoms with Gasteiger partial charge in [-0.25, -0.2) is 0 Å². The number of benzene rings is 1. The number of H-pyrrole nitrogens is 1. The summed E-state index contributed by atoms with van der Waals surface area (Å²) in [6.07, 6.45) is 3.89. The van der Waals surface area contributed by atoms with Crippen molar-refractivity contribution in [3.63, 3.8) is 0 Å². The summed E-state index contributed by atoms with van der Waals surface area (Å²) in [5.41, 5.74) is 2.21. The van der Waals surface area contributed by atoms with E-state index in [1.165, 1.54) is 5.56 Å². The molecule has 1 amide bonds. The Bertz CT molecular complexity index is 597. The summed E-state index contributed by atoms with van der Waals surface area (Å²) in [6.45, 7) is 2.32. The summed E-state index contributed by atoms with van der Waals surface area (Å²) in [5, 5.41) is 2.96. The van der Waals surface area contributed by atoms with Gasteiger partial charge in [0.1, 0.15) is 6.04 Å². The monoisotopic (exact) mass is 333 g/mol. The predicted molar refractivity (Wildman–Crippen MR) is 81.1 cm³/mol. The molecule has 0 aliphatic carbocycles. The molecule has 4 nitrogen and oxygen atoms in total. The topological polar surface area (TPSA) is 48.1 Å². The van der Waals surface area contributed by atoms with Crippen LogP contribution < -0.4 is 5.32 Å². The highest BCUT2D eigenvalue weighted by Gasteiger charge is 2.32. The van der Waals surface area contributed by atoms with Gasteiger partial charge in [-0.3, -0.25) is 9.69 Å². The van der Waals surface area contributed by atoms with Crippen LogP contribution in [0.2, 0.25) is 0 Å². The summed E-state index contributed by atoms with van der Waals surface area (Å²) in [6, 6.07) is 9.72. The van der Waals surface area contributed by atoms with Gasteiger partial charge in [-0.05, 0) is 23.3 Å². The smallest absolute Gasteiger partial charge is 0.242 e. The number of aromatic amines is 1. The minimum Gasteiger partial charge on any atom is -0.367 e. The van der Waals surface area contributed by atoms with Crippen molar-refractivity contribution in [2.45, 2.75) is 12.6 Å². The molecular formula is C15H16BrN3O. The lowest BCUT2D eigenvalue weighted by molar-refractivity contribution is -0.129. The van der Waals surface area contributed by atoms with Gasteiger partial charge in [0.2, 0.25) is 5.91 Å². The zero-order valence-electron chi connectivity index (χ0n) is 11.0. The van der Waals surface area contributed by atoms with Gasteiger partial charge in [0.25, 0.3) is 0 Å². The molecule has 1 atom stereocenters. The molecule has 2 aromatic rings. The standard InChI is InChI=1S/C15H16BrN3O/c16-13-4-2-1-3-12(13)14-15(20)18-7-8-19(14)10-11-5-6-17-9-11/h1-6,9,14,17H,7-8,10H2,(H,18,20). The Morgan fingerprint density at radius 2 is 2.15 bits per heavy atom. The Morgan fingerprint density at radius 1 is 1.30 bits per heavy atom. The van der Waals surface area contributed by atoms with Crippen molar-refractivity contribution in [1.82, 2.24) is 15.2 Å². The number of piperazine rings is 1. The first kappa shape index (κ1) is 13.4. The lowest BCUT2D eigenvalue weighted by Crippen LogP contribution is -2.49. The third-order valence-electron chi connectivity index (χ3n) is 3.56. The molecule has 0 bridgehead atoms. The SMILES string of the molecule is O=C1NCCN(Cc2cc[nH]c2)C1c1ccccc1Br. The second kappa shape index (κ2) is 5.81. The van der Waals surface area contributed by atoms with Crippen LogP contribution in [0.3, 0.4) is 0 Å². The van der Waals surface area contributed by atoms with Crippen LogP contribution in [0.4, 0.5) is 0 Å². The van der Waals surface area contributed by atoms with E-state index < -0.39 is 0 Å². The van der Waals surface area contributed by atoms with Crippen molar-refractivity contribution in [3.05, 3.63) is 58.3 Å². The quantitative estimate of drug-likeness (QED) is 0.906. The molecule has 0 saturated carbocycles. The van der Waals surface area contributed by atoms with Crippen LogP contribution in [0.15, 0.2) is 47.2 Å². The van der Waals surface area contributed by atoms with E-state index in [1.54, 1.807) is 0 Å². The van der Waals surface area contributed by atoms with Crippen LogP contribution >= 0.6 is 15.9 Å². The summed E-state index contributed by atoms with van der Waals surface area (Å²) in [7, 11) is 0. The van der Waals surface area contributed by atoms with Crippen LogP contribution in [0.25, 0.3) is 0 Å². The summed E-state index contributed by atoms with van der Waals surface area (Å²) in [4.78, 5) is 17.6. The second-order valence-corrected chi connectivity index (χ2v) is 5.76. The number of hydrogen-bond donors (Lipinski definition) is 2. The Balaban J connectivity index is 1.91. The van der Waals surface area contributed by atoms with E-state index >= 15 is 0 Å². The number of carbonyl (C=O) groups excluding carboxylic acids is 1. The van der Waals surface area contributed by atoms with Gasteiger partial charge in [0, 0.05) is 36.5 Å². The van der Waals surface area contributed by atoms with Crippen LogP contribution in [-0.2, 0) is 11.3 Å². The second-order valence-electron chi connectivity index (χ2n) is 4.90. The summed E-state index contributed by atoms with van der Waals surface area (Å²) >= 11 is 3.55. The molecule has 3 rings (SSSR count). The van der Waals surface area contributed by atoms with Gasteiger partial charge in [-0.15, -0.1) is 0 Å². The van der Waals surface area contributed by atoms with E-state index in [0.29, 0.717) is 6.54 Å². The molecule has 1 aromatic carbocycles. The summed E-state index contributed by atoms with van der Waals surface area (Å²) < 4.78 is 0.973. The maximum absolute atomic E-state index is 12.3. The molecule has 104 valence electrons. The van der Waals surface area contributed by atoms with Crippen molar-refractivity contribution in [3.8, 4) is 0 Å². The predicted octanol–water partition coefficient (Wildman–Crippen LogP) is 2.45. The van der Waals surface area contributed by atoms with Gasteiger partial charge in [0.05, 0.1) is 0 Å². The van der Waals surface area contributed by atoms with E-state index in [1.807, 2.05) is 42.7 Å². The molecule has 0 spiro atoms. The highest BCUT2D eigenvalue weighted by atomic mass is 79.9. The Kier molecular flexibility index (Phi) is 3.89. The van der Waals surface area contributed by atoms with Crippen LogP contribution in [-0.4, -0.2) is 28.9 Å². The van der Waals surface area contributed by atoms with Crippen LogP contribution in [0.5, 0.6) is 0 Å². The number of nitrogens with zero attached hydrogens (tertiary/aromatic N) is 1. The van der Waals surface area contributed by atoms with Crippen molar-refractivity contribution in [2.75, 3.05) is 13.1 Å². The highest BCUT2D eigenvalue weighted by Crippen LogP contribution is 2.30. The van der Waals surface area contributed by atoms with Gasteiger partial charge >= 0.3 is 0 Å². The number of rotatable bonds is 3. The zero-order valence-corrected chi connectivity index (χ0v) is 12.6. The fourth-order valence-electron chi connectivity index (χ4n) is 2.61. The number of halogens is 1. The first-order valence-electron chi connectivity index (χ1n) is 6.63. The first-order chi connectivity index (χ1) is 9.75. The molecule has 0 radical (unpaired) electrons. The van der Waals surface area contributed by atoms with E-state index in [-0.39, 0.29) is 11.9 Å². The third kappa shape index (κ3) is 2.64. The molecule has 2 N–H and O–H groups in total. The fraction of sp³-hybridized carbons (Fsp3) is 0.267. The number of nitrogens with one attached hydrogen (secondary N) is 2. The minimum atomic E-state index is -0.241. The van der Waals surface area contributed by atoms with Gasteiger partial charge in [0.15, 0.2) is 0 Å². The Labute approximate surface area is 126 Å². The number of carbonyl (C=O) groups is 1. The minimum absolute atomic E-state index is 0.0682. The molecule has 1 fully saturated rings. The average molecular weight is 334 g/mol. The highest BCUT2D eigenvalue weighted by molar-refractivity contribution is 9.10. The van der Waals surface area contributed by atoms with Gasteiger partial charge in [-0.1, -0.05) is 34.1 Å². The number of hydrogen-bond acceptors (Lipinski definition) is 2. The largest absolute Gasteiger partial charge is 0.367 e. The van der Waals surface area contributed by atoms with E-state index in [9.17, 15) is 4.79 Å². The van der Waals surface area contributed by atoms with E-state index in [0.717, 1.165) is 23.1 Å². The van der Waals surface area contributed by atoms with E-state index in [4.69, 9.17) is 0 Å². The molecule has 1 unspecified atom stereocenters. The molecule has 5 heteroatoms. The molecule has 20 heavy (non-hydrogen) atoms. The van der Waals surface area contributed by atoms with Gasteiger partial charge < -0.3 is 10.3 Å². The van der Waals surface area contributed by atoms with Crippen LogP contribution in [0, 0.1) is 0 Å².